The molecule has 0 aliphatic carbocycles. The van der Waals surface area contributed by atoms with Crippen molar-refractivity contribution in [2.24, 2.45) is 11.8 Å². The van der Waals surface area contributed by atoms with Crippen molar-refractivity contribution in [1.29, 1.82) is 0 Å². The van der Waals surface area contributed by atoms with Gasteiger partial charge in [0.15, 0.2) is 0 Å². The summed E-state index contributed by atoms with van der Waals surface area (Å²) in [5, 5.41) is 19.4. The Bertz CT molecular complexity index is 943. The molecule has 3 heterocycles. The molecule has 4 rings (SSSR count). The van der Waals surface area contributed by atoms with Gasteiger partial charge < -0.3 is 20.0 Å². The normalized spacial score (nSPS) is 30.4. The van der Waals surface area contributed by atoms with E-state index in [1.54, 1.807) is 40.1 Å². The number of anilines is 1. The van der Waals surface area contributed by atoms with Crippen molar-refractivity contribution < 1.29 is 24.6 Å². The van der Waals surface area contributed by atoms with Crippen LogP contribution in [0.1, 0.15) is 25.7 Å². The fourth-order valence-electron chi connectivity index (χ4n) is 5.60. The molecule has 2 N–H and O–H groups in total. The minimum atomic E-state index is -0.972. The van der Waals surface area contributed by atoms with Crippen LogP contribution in [0.25, 0.3) is 0 Å². The van der Waals surface area contributed by atoms with Gasteiger partial charge in [-0.15, -0.1) is 18.3 Å². The Labute approximate surface area is 196 Å². The number of fused-ring (bicyclic) bond motifs is 1. The number of rotatable bonds is 9. The molecule has 1 aromatic rings. The van der Waals surface area contributed by atoms with Gasteiger partial charge in [0.2, 0.25) is 5.91 Å². The van der Waals surface area contributed by atoms with E-state index in [0.29, 0.717) is 42.9 Å². The second-order valence-corrected chi connectivity index (χ2v) is 10.6. The van der Waals surface area contributed by atoms with Crippen LogP contribution in [-0.4, -0.2) is 68.6 Å². The number of aliphatic hydroxyl groups is 1. The van der Waals surface area contributed by atoms with Crippen LogP contribution in [0.5, 0.6) is 0 Å². The van der Waals surface area contributed by atoms with Crippen molar-refractivity contribution in [1.82, 2.24) is 4.90 Å². The summed E-state index contributed by atoms with van der Waals surface area (Å²) in [5.74, 6) is -3.01. The summed E-state index contributed by atoms with van der Waals surface area (Å²) in [6, 6.07) is 6.25. The Kier molecular flexibility index (Phi) is 6.56. The molecule has 2 amide bonds. The Hall–Kier alpha value is -2.03. The molecule has 32 heavy (non-hydrogen) atoms. The Balaban J connectivity index is 1.77. The minimum absolute atomic E-state index is 0.00793. The first-order valence-electron chi connectivity index (χ1n) is 10.9. The van der Waals surface area contributed by atoms with E-state index in [0.717, 1.165) is 0 Å². The summed E-state index contributed by atoms with van der Waals surface area (Å²) in [7, 11) is 0. The van der Waals surface area contributed by atoms with E-state index >= 15 is 0 Å². The van der Waals surface area contributed by atoms with Crippen LogP contribution < -0.4 is 4.90 Å². The quantitative estimate of drug-likeness (QED) is 0.418. The molecule has 1 spiro atoms. The summed E-state index contributed by atoms with van der Waals surface area (Å²) in [6.45, 7) is 4.29. The van der Waals surface area contributed by atoms with Gasteiger partial charge in [-0.25, -0.2) is 0 Å². The lowest BCUT2D eigenvalue weighted by atomic mass is 9.71. The molecule has 3 saturated heterocycles. The second-order valence-electron chi connectivity index (χ2n) is 8.55. The van der Waals surface area contributed by atoms with Crippen LogP contribution in [0.4, 0.5) is 5.69 Å². The number of hydrogen-bond acceptors (Lipinski definition) is 5. The van der Waals surface area contributed by atoms with Gasteiger partial charge >= 0.3 is 5.97 Å². The van der Waals surface area contributed by atoms with E-state index in [-0.39, 0.29) is 30.2 Å². The maximum absolute atomic E-state index is 14.1. The van der Waals surface area contributed by atoms with Crippen molar-refractivity contribution in [3.8, 4) is 0 Å². The Morgan fingerprint density at radius 2 is 2.09 bits per heavy atom. The molecule has 3 aliphatic heterocycles. The van der Waals surface area contributed by atoms with Gasteiger partial charge in [-0.3, -0.25) is 14.4 Å². The smallest absolute Gasteiger partial charge is 0.308 e. The van der Waals surface area contributed by atoms with Crippen molar-refractivity contribution in [2.45, 2.75) is 41.7 Å². The van der Waals surface area contributed by atoms with Crippen LogP contribution in [0.2, 0.25) is 5.02 Å². The summed E-state index contributed by atoms with van der Waals surface area (Å²) in [5.41, 5.74) is 0.536. The molecule has 3 fully saturated rings. The number of hydrogen-bond donors (Lipinski definition) is 2. The molecular weight excluding hydrogens is 452 g/mol. The number of carboxylic acids is 1. The lowest BCUT2D eigenvalue weighted by molar-refractivity contribution is -0.148. The third-order valence-corrected chi connectivity index (χ3v) is 9.12. The van der Waals surface area contributed by atoms with Crippen molar-refractivity contribution in [3.05, 3.63) is 41.9 Å². The lowest BCUT2D eigenvalue weighted by Gasteiger charge is -2.37. The molecule has 0 saturated carbocycles. The highest BCUT2D eigenvalue weighted by molar-refractivity contribution is 8.02. The van der Waals surface area contributed by atoms with E-state index in [1.807, 2.05) is 0 Å². The highest BCUT2D eigenvalue weighted by Gasteiger charge is 2.74. The van der Waals surface area contributed by atoms with Gasteiger partial charge in [0.25, 0.3) is 5.91 Å². The van der Waals surface area contributed by atoms with Gasteiger partial charge in [0.1, 0.15) is 6.04 Å². The maximum atomic E-state index is 14.1. The number of nitrogens with zero attached hydrogens (tertiary/aromatic N) is 2. The number of aliphatic carboxylic acids is 1. The molecule has 1 aromatic carbocycles. The molecular formula is C23H27ClN2O5S. The third-order valence-electron chi connectivity index (χ3n) is 6.85. The number of likely N-dealkylation sites (tertiary alicyclic amines) is 1. The second kappa shape index (κ2) is 9.08. The molecule has 0 radical (unpaired) electrons. The Morgan fingerprint density at radius 1 is 1.34 bits per heavy atom. The fourth-order valence-corrected chi connectivity index (χ4v) is 8.05. The molecule has 3 aliphatic rings. The van der Waals surface area contributed by atoms with E-state index in [9.17, 15) is 24.6 Å². The largest absolute Gasteiger partial charge is 0.481 e. The first-order chi connectivity index (χ1) is 15.4. The van der Waals surface area contributed by atoms with E-state index in [1.165, 1.54) is 11.8 Å². The molecule has 172 valence electrons. The number of carboxylic acid groups (broad SMARTS) is 1. The predicted octanol–water partition coefficient (Wildman–Crippen LogP) is 2.81. The molecule has 9 heteroatoms. The number of carbonyl (C=O) groups is 3. The average Bonchev–Trinajstić information content (AvgIpc) is 3.40. The highest BCUT2D eigenvalue weighted by atomic mass is 35.5. The standard InChI is InChI=1S/C23H27ClN2O5S/c1-2-11-25(15-8-4-3-7-14(15)24)21(29)19-23-10-9-16(32-23)17(22(30)31)18(23)20(28)26(19)12-5-6-13-27/h2-4,7-8,16-19,27H,1,5-6,9-13H2,(H,30,31)/t16-,17+,18-,19?,23?/m0/s1. The minimum Gasteiger partial charge on any atom is -0.481 e. The summed E-state index contributed by atoms with van der Waals surface area (Å²) in [6.07, 6.45) is 3.95. The number of aliphatic hydroxyl groups excluding tert-OH is 1. The number of para-hydroxylation sites is 1. The highest BCUT2D eigenvalue weighted by Crippen LogP contribution is 2.66. The van der Waals surface area contributed by atoms with Crippen molar-refractivity contribution in [3.63, 3.8) is 0 Å². The van der Waals surface area contributed by atoms with Crippen molar-refractivity contribution >= 4 is 46.8 Å². The molecule has 5 atom stereocenters. The first kappa shape index (κ1) is 23.1. The van der Waals surface area contributed by atoms with Gasteiger partial charge in [-0.05, 0) is 37.8 Å². The maximum Gasteiger partial charge on any atom is 0.308 e. The van der Waals surface area contributed by atoms with Gasteiger partial charge in [-0.2, -0.15) is 0 Å². The lowest BCUT2D eigenvalue weighted by Crippen LogP contribution is -2.55. The molecule has 2 unspecified atom stereocenters. The van der Waals surface area contributed by atoms with E-state index in [4.69, 9.17) is 11.6 Å². The van der Waals surface area contributed by atoms with E-state index in [2.05, 4.69) is 6.58 Å². The fraction of sp³-hybridized carbons (Fsp3) is 0.522. The molecule has 7 nitrogen and oxygen atoms in total. The SMILES string of the molecule is C=CCN(C(=O)C1N(CCCCO)C(=O)[C@@H]2[C@H](C(=O)O)[C@@H]3CCC12S3)c1ccccc1Cl. The van der Waals surface area contributed by atoms with Crippen LogP contribution in [0, 0.1) is 11.8 Å². The summed E-state index contributed by atoms with van der Waals surface area (Å²) < 4.78 is -0.762. The van der Waals surface area contributed by atoms with Gasteiger partial charge in [-0.1, -0.05) is 29.8 Å². The number of benzene rings is 1. The number of unbranched alkanes of at least 4 members (excludes halogenated alkanes) is 1. The zero-order valence-electron chi connectivity index (χ0n) is 17.7. The monoisotopic (exact) mass is 478 g/mol. The number of carbonyl (C=O) groups excluding carboxylic acids is 2. The number of thioether (sulfide) groups is 1. The van der Waals surface area contributed by atoms with Gasteiger partial charge in [0, 0.05) is 24.9 Å². The number of halogens is 1. The van der Waals surface area contributed by atoms with E-state index < -0.39 is 28.6 Å². The first-order valence-corrected chi connectivity index (χ1v) is 12.1. The molecule has 2 bridgehead atoms. The summed E-state index contributed by atoms with van der Waals surface area (Å²) in [4.78, 5) is 42.8. The van der Waals surface area contributed by atoms with Crippen LogP contribution in [0.3, 0.4) is 0 Å². The Morgan fingerprint density at radius 3 is 2.75 bits per heavy atom. The average molecular weight is 479 g/mol. The predicted molar refractivity (Wildman–Crippen MR) is 124 cm³/mol. The number of amides is 2. The zero-order chi connectivity index (χ0) is 23.0. The summed E-state index contributed by atoms with van der Waals surface area (Å²) >= 11 is 7.91. The zero-order valence-corrected chi connectivity index (χ0v) is 19.2. The topological polar surface area (TPSA) is 98.2 Å². The third kappa shape index (κ3) is 3.53. The van der Waals surface area contributed by atoms with Gasteiger partial charge in [0.05, 0.1) is 27.3 Å². The van der Waals surface area contributed by atoms with Crippen LogP contribution in [-0.2, 0) is 14.4 Å². The van der Waals surface area contributed by atoms with Crippen LogP contribution >= 0.6 is 23.4 Å². The van der Waals surface area contributed by atoms with Crippen LogP contribution in [0.15, 0.2) is 36.9 Å². The van der Waals surface area contributed by atoms with Crippen molar-refractivity contribution in [2.75, 3.05) is 24.6 Å². The molecule has 0 aromatic heterocycles.